The van der Waals surface area contributed by atoms with Crippen LogP contribution >= 0.6 is 0 Å². The van der Waals surface area contributed by atoms with E-state index in [2.05, 4.69) is 43.3 Å². The van der Waals surface area contributed by atoms with Crippen molar-refractivity contribution in [2.45, 2.75) is 13.8 Å². The van der Waals surface area contributed by atoms with Gasteiger partial charge in [0.2, 0.25) is 5.69 Å². The second-order valence-electron chi connectivity index (χ2n) is 8.39. The number of hydrogen-bond donors (Lipinski definition) is 0. The van der Waals surface area contributed by atoms with Crippen LogP contribution in [0.2, 0.25) is 0 Å². The number of hydrogen-bond acceptors (Lipinski definition) is 1. The molecule has 0 radical (unpaired) electrons. The molecule has 2 aromatic heterocycles. The van der Waals surface area contributed by atoms with Crippen molar-refractivity contribution in [1.82, 2.24) is 0 Å². The van der Waals surface area contributed by atoms with Gasteiger partial charge in [0.05, 0.1) is 5.56 Å². The number of pyridine rings is 1. The molecule has 0 bridgehead atoms. The number of fused-ring (bicyclic) bond motifs is 4. The largest absolute Gasteiger partial charge is 0.455 e. The third-order valence-corrected chi connectivity index (χ3v) is 6.33. The quantitative estimate of drug-likeness (QED) is 0.266. The van der Waals surface area contributed by atoms with E-state index in [1.807, 2.05) is 60.1 Å². The number of aryl methyl sites for hydroxylation is 3. The fourth-order valence-electron chi connectivity index (χ4n) is 4.70. The van der Waals surface area contributed by atoms with Crippen LogP contribution in [0.3, 0.4) is 0 Å². The Labute approximate surface area is 191 Å². The normalized spacial score (nSPS) is 13.4. The molecule has 0 spiro atoms. The topological polar surface area (TPSA) is 17.0 Å². The third-order valence-electron chi connectivity index (χ3n) is 6.33. The van der Waals surface area contributed by atoms with Crippen molar-refractivity contribution in [3.8, 4) is 22.4 Å². The molecule has 154 valence electrons. The zero-order valence-electron chi connectivity index (χ0n) is 21.0. The van der Waals surface area contributed by atoms with E-state index in [0.29, 0.717) is 11.1 Å². The molecular formula is C30H24NO+. The molecule has 2 heteroatoms. The van der Waals surface area contributed by atoms with Crippen molar-refractivity contribution in [1.29, 1.82) is 0 Å². The average molecular weight is 418 g/mol. The fourth-order valence-corrected chi connectivity index (χ4v) is 4.70. The first-order valence-electron chi connectivity index (χ1n) is 12.3. The Kier molecular flexibility index (Phi) is 3.49. The molecule has 0 amide bonds. The van der Waals surface area contributed by atoms with E-state index in [1.165, 1.54) is 5.39 Å². The van der Waals surface area contributed by atoms with Gasteiger partial charge in [0.15, 0.2) is 6.20 Å². The SMILES string of the molecule is [2H]C([2H])([2H])c1c[n+](C)c(-c2c(C)ccc3c2oc2cc4ccccc4cc23)cc1-c1ccccc1. The monoisotopic (exact) mass is 417 g/mol. The van der Waals surface area contributed by atoms with E-state index >= 15 is 0 Å². The van der Waals surface area contributed by atoms with E-state index in [0.717, 1.165) is 49.7 Å². The fraction of sp³-hybridized carbons (Fsp3) is 0.100. The number of aromatic nitrogens is 1. The van der Waals surface area contributed by atoms with Gasteiger partial charge in [-0.2, -0.15) is 0 Å². The lowest BCUT2D eigenvalue weighted by molar-refractivity contribution is -0.660. The molecule has 0 saturated carbocycles. The van der Waals surface area contributed by atoms with Gasteiger partial charge >= 0.3 is 0 Å². The van der Waals surface area contributed by atoms with Crippen LogP contribution in [-0.4, -0.2) is 0 Å². The summed E-state index contributed by atoms with van der Waals surface area (Å²) < 4.78 is 32.9. The van der Waals surface area contributed by atoms with Gasteiger partial charge in [-0.3, -0.25) is 0 Å². The first-order chi connectivity index (χ1) is 16.8. The van der Waals surface area contributed by atoms with Crippen LogP contribution in [0, 0.1) is 13.8 Å². The maximum atomic E-state index is 8.15. The number of benzene rings is 4. The molecule has 0 N–H and O–H groups in total. The molecule has 32 heavy (non-hydrogen) atoms. The highest BCUT2D eigenvalue weighted by Crippen LogP contribution is 2.39. The molecule has 0 aliphatic heterocycles. The Balaban J connectivity index is 1.68. The highest BCUT2D eigenvalue weighted by atomic mass is 16.3. The first kappa shape index (κ1) is 15.8. The Morgan fingerprint density at radius 1 is 0.781 bits per heavy atom. The van der Waals surface area contributed by atoms with Crippen LogP contribution in [0.4, 0.5) is 0 Å². The molecule has 6 aromatic rings. The van der Waals surface area contributed by atoms with Crippen molar-refractivity contribution in [3.05, 3.63) is 102 Å². The van der Waals surface area contributed by atoms with Crippen LogP contribution in [0.25, 0.3) is 55.1 Å². The van der Waals surface area contributed by atoms with Crippen LogP contribution in [0.5, 0.6) is 0 Å². The first-order valence-corrected chi connectivity index (χ1v) is 10.8. The maximum absolute atomic E-state index is 8.15. The lowest BCUT2D eigenvalue weighted by Crippen LogP contribution is -2.31. The van der Waals surface area contributed by atoms with Crippen molar-refractivity contribution < 1.29 is 13.1 Å². The molecule has 6 rings (SSSR count). The molecular weight excluding hydrogens is 390 g/mol. The van der Waals surface area contributed by atoms with Gasteiger partial charge in [-0.25, -0.2) is 4.57 Å². The standard InChI is InChI=1S/C30H24NO/c1-19-13-14-24-26-15-22-11-7-8-12-23(22)16-28(26)32-30(24)29(19)27-17-25(20(2)18-31(27)3)21-9-5-4-6-10-21/h4-18H,1-3H3/q+1/i2D3. The summed E-state index contributed by atoms with van der Waals surface area (Å²) in [6.07, 6.45) is 1.74. The smallest absolute Gasteiger partial charge is 0.216 e. The van der Waals surface area contributed by atoms with Crippen LogP contribution in [-0.2, 0) is 7.05 Å². The summed E-state index contributed by atoms with van der Waals surface area (Å²) in [5.74, 6) is 0. The lowest BCUT2D eigenvalue weighted by atomic mass is 9.96. The summed E-state index contributed by atoms with van der Waals surface area (Å²) >= 11 is 0. The van der Waals surface area contributed by atoms with Crippen molar-refractivity contribution >= 4 is 32.7 Å². The van der Waals surface area contributed by atoms with E-state index in [1.54, 1.807) is 6.20 Å². The van der Waals surface area contributed by atoms with Gasteiger partial charge in [-0.15, -0.1) is 0 Å². The second kappa shape index (κ2) is 7.06. The van der Waals surface area contributed by atoms with Gasteiger partial charge in [-0.05, 0) is 53.4 Å². The molecule has 0 atom stereocenters. The number of nitrogens with zero attached hydrogens (tertiary/aromatic N) is 1. The predicted octanol–water partition coefficient (Wildman–Crippen LogP) is 7.51. The Morgan fingerprint density at radius 3 is 2.31 bits per heavy atom. The highest BCUT2D eigenvalue weighted by molar-refractivity contribution is 6.13. The zero-order chi connectivity index (χ0) is 24.3. The van der Waals surface area contributed by atoms with Gasteiger partial charge < -0.3 is 4.42 Å². The van der Waals surface area contributed by atoms with E-state index in [-0.39, 0.29) is 0 Å². The van der Waals surface area contributed by atoms with E-state index < -0.39 is 6.85 Å². The van der Waals surface area contributed by atoms with Crippen molar-refractivity contribution in [2.24, 2.45) is 7.05 Å². The molecule has 4 aromatic carbocycles. The van der Waals surface area contributed by atoms with E-state index in [9.17, 15) is 0 Å². The minimum atomic E-state index is -2.23. The summed E-state index contributed by atoms with van der Waals surface area (Å²) in [5.41, 5.74) is 6.51. The van der Waals surface area contributed by atoms with Gasteiger partial charge in [-0.1, -0.05) is 66.7 Å². The molecule has 0 saturated heterocycles. The minimum absolute atomic E-state index is 0.329. The van der Waals surface area contributed by atoms with Crippen molar-refractivity contribution in [3.63, 3.8) is 0 Å². The third kappa shape index (κ3) is 2.84. The minimum Gasteiger partial charge on any atom is -0.455 e. The molecule has 2 heterocycles. The second-order valence-corrected chi connectivity index (χ2v) is 8.39. The van der Waals surface area contributed by atoms with Gasteiger partial charge in [0, 0.05) is 26.5 Å². The van der Waals surface area contributed by atoms with E-state index in [4.69, 9.17) is 8.53 Å². The maximum Gasteiger partial charge on any atom is 0.216 e. The number of rotatable bonds is 2. The molecule has 2 nitrogen and oxygen atoms in total. The van der Waals surface area contributed by atoms with Crippen LogP contribution in [0.15, 0.2) is 95.5 Å². The van der Waals surface area contributed by atoms with Crippen molar-refractivity contribution in [2.75, 3.05) is 0 Å². The zero-order valence-corrected chi connectivity index (χ0v) is 18.0. The number of furan rings is 1. The Bertz CT molecular complexity index is 1750. The highest BCUT2D eigenvalue weighted by Gasteiger charge is 2.22. The lowest BCUT2D eigenvalue weighted by Gasteiger charge is -2.10. The Morgan fingerprint density at radius 2 is 1.53 bits per heavy atom. The average Bonchev–Trinajstić information content (AvgIpc) is 3.20. The summed E-state index contributed by atoms with van der Waals surface area (Å²) in [6.45, 7) is -0.166. The predicted molar refractivity (Wildman–Crippen MR) is 133 cm³/mol. The van der Waals surface area contributed by atoms with Crippen LogP contribution < -0.4 is 4.57 Å². The van der Waals surface area contributed by atoms with Crippen LogP contribution in [0.1, 0.15) is 15.2 Å². The molecule has 0 aliphatic rings. The summed E-state index contributed by atoms with van der Waals surface area (Å²) in [5, 5.41) is 4.43. The Hall–Kier alpha value is -3.91. The molecule has 0 fully saturated rings. The summed E-state index contributed by atoms with van der Waals surface area (Å²) in [6, 6.07) is 28.5. The van der Waals surface area contributed by atoms with Gasteiger partial charge in [0.25, 0.3) is 0 Å². The summed E-state index contributed by atoms with van der Waals surface area (Å²) in [4.78, 5) is 0. The molecule has 0 aliphatic carbocycles. The summed E-state index contributed by atoms with van der Waals surface area (Å²) in [7, 11) is 1.90. The van der Waals surface area contributed by atoms with Gasteiger partial charge in [0.1, 0.15) is 18.2 Å². The molecule has 0 unspecified atom stereocenters.